The van der Waals surface area contributed by atoms with Crippen LogP contribution in [0.15, 0.2) is 18.3 Å². The Bertz CT molecular complexity index is 999. The highest BCUT2D eigenvalue weighted by Gasteiger charge is 2.48. The minimum Gasteiger partial charge on any atom is -0.494 e. The fourth-order valence-electron chi connectivity index (χ4n) is 4.76. The summed E-state index contributed by atoms with van der Waals surface area (Å²) in [7, 11) is 1.36. The van der Waals surface area contributed by atoms with E-state index in [-0.39, 0.29) is 24.8 Å². The number of ether oxygens (including phenoxy) is 3. The van der Waals surface area contributed by atoms with E-state index >= 15 is 0 Å². The number of hydrogen-bond donors (Lipinski definition) is 0. The van der Waals surface area contributed by atoms with Gasteiger partial charge in [-0.1, -0.05) is 0 Å². The molecule has 8 heteroatoms. The quantitative estimate of drug-likeness (QED) is 0.643. The normalized spacial score (nSPS) is 22.8. The van der Waals surface area contributed by atoms with Crippen molar-refractivity contribution in [1.82, 2.24) is 9.88 Å². The predicted molar refractivity (Wildman–Crippen MR) is 116 cm³/mol. The van der Waals surface area contributed by atoms with Gasteiger partial charge in [0.05, 0.1) is 37.1 Å². The van der Waals surface area contributed by atoms with Gasteiger partial charge in [0.1, 0.15) is 11.4 Å². The minimum absolute atomic E-state index is 0.0211. The maximum atomic E-state index is 14.8. The van der Waals surface area contributed by atoms with Gasteiger partial charge >= 0.3 is 6.09 Å². The van der Waals surface area contributed by atoms with Crippen LogP contribution in [0.5, 0.6) is 5.75 Å². The lowest BCUT2D eigenvalue weighted by molar-refractivity contribution is -0.132. The monoisotopic (exact) mass is 448 g/mol. The second-order valence-corrected chi connectivity index (χ2v) is 9.71. The molecule has 1 aliphatic carbocycles. The molecule has 3 fully saturated rings. The highest BCUT2D eigenvalue weighted by Crippen LogP contribution is 2.41. The summed E-state index contributed by atoms with van der Waals surface area (Å²) in [5.41, 5.74) is -0.412. The molecular weight excluding hydrogens is 418 g/mol. The predicted octanol–water partition coefficient (Wildman–Crippen LogP) is 5.01. The first-order valence-electron chi connectivity index (χ1n) is 11.0. The van der Waals surface area contributed by atoms with Gasteiger partial charge in [0.2, 0.25) is 0 Å². The van der Waals surface area contributed by atoms with Crippen molar-refractivity contribution in [2.75, 3.05) is 20.3 Å². The molecule has 1 saturated carbocycles. The molecule has 6 nitrogen and oxygen atoms in total. The summed E-state index contributed by atoms with van der Waals surface area (Å²) in [6.07, 6.45) is 4.58. The first-order chi connectivity index (χ1) is 15.1. The maximum Gasteiger partial charge on any atom is 0.410 e. The van der Waals surface area contributed by atoms with Crippen molar-refractivity contribution in [3.05, 3.63) is 35.5 Å². The lowest BCUT2D eigenvalue weighted by Crippen LogP contribution is -2.61. The Morgan fingerprint density at radius 3 is 2.56 bits per heavy atom. The summed E-state index contributed by atoms with van der Waals surface area (Å²) in [5.74, 6) is -1.04. The molecule has 1 amide bonds. The van der Waals surface area contributed by atoms with Crippen LogP contribution >= 0.6 is 0 Å². The molecule has 2 aliphatic heterocycles. The van der Waals surface area contributed by atoms with Crippen molar-refractivity contribution in [2.45, 2.75) is 70.1 Å². The molecule has 0 radical (unpaired) electrons. The van der Waals surface area contributed by atoms with Crippen molar-refractivity contribution in [3.63, 3.8) is 0 Å². The number of hydrogen-bond acceptors (Lipinski definition) is 5. The van der Waals surface area contributed by atoms with Crippen LogP contribution in [0.2, 0.25) is 0 Å². The number of methoxy groups -OCH3 is 1. The average Bonchev–Trinajstić information content (AvgIpc) is 2.75. The van der Waals surface area contributed by atoms with E-state index in [9.17, 15) is 13.6 Å². The molecule has 1 aromatic heterocycles. The first-order valence-corrected chi connectivity index (χ1v) is 11.0. The molecule has 0 spiro atoms. The molecular formula is C24H30F2N2O4. The molecule has 0 atom stereocenters. The lowest BCUT2D eigenvalue weighted by atomic mass is 9.76. The van der Waals surface area contributed by atoms with E-state index < -0.39 is 28.9 Å². The standard InChI is InChI=1S/C24H30F2N2O4/c1-23(2,3)32-22(29)28(24-8-5-15(6-9-24)31-14-24)10-7-16-17-11-21(30-4)18(25)12-20(17)27-13-19(16)26/h11-13,15H,5-10,14H2,1-4H3. The van der Waals surface area contributed by atoms with Gasteiger partial charge in [0, 0.05) is 23.6 Å². The smallest absolute Gasteiger partial charge is 0.410 e. The van der Waals surface area contributed by atoms with E-state index in [1.165, 1.54) is 19.2 Å². The highest BCUT2D eigenvalue weighted by molar-refractivity contribution is 5.84. The Morgan fingerprint density at radius 1 is 1.25 bits per heavy atom. The topological polar surface area (TPSA) is 60.9 Å². The first kappa shape index (κ1) is 22.7. The highest BCUT2D eigenvalue weighted by atomic mass is 19.1. The number of carbonyl (C=O) groups is 1. The second-order valence-electron chi connectivity index (χ2n) is 9.71. The third-order valence-corrected chi connectivity index (χ3v) is 6.42. The summed E-state index contributed by atoms with van der Waals surface area (Å²) >= 11 is 0. The molecule has 2 bridgehead atoms. The van der Waals surface area contributed by atoms with Gasteiger partial charge in [0.25, 0.3) is 0 Å². The van der Waals surface area contributed by atoms with E-state index in [2.05, 4.69) is 4.98 Å². The fraction of sp³-hybridized carbons (Fsp3) is 0.583. The van der Waals surface area contributed by atoms with Crippen molar-refractivity contribution in [1.29, 1.82) is 0 Å². The van der Waals surface area contributed by atoms with Gasteiger partial charge in [-0.25, -0.2) is 13.6 Å². The molecule has 2 aromatic rings. The van der Waals surface area contributed by atoms with Crippen molar-refractivity contribution < 1.29 is 27.8 Å². The van der Waals surface area contributed by atoms with Gasteiger partial charge in [-0.2, -0.15) is 0 Å². The number of carbonyl (C=O) groups excluding carboxylic acids is 1. The molecule has 5 rings (SSSR count). The number of fused-ring (bicyclic) bond motifs is 4. The summed E-state index contributed by atoms with van der Waals surface area (Å²) in [6, 6.07) is 2.69. The molecule has 3 heterocycles. The second kappa shape index (κ2) is 8.46. The average molecular weight is 449 g/mol. The van der Waals surface area contributed by atoms with Crippen LogP contribution in [0.25, 0.3) is 10.9 Å². The van der Waals surface area contributed by atoms with Crippen LogP contribution in [-0.2, 0) is 15.9 Å². The molecule has 2 saturated heterocycles. The molecule has 0 N–H and O–H groups in total. The molecule has 32 heavy (non-hydrogen) atoms. The van der Waals surface area contributed by atoms with E-state index in [0.717, 1.165) is 31.9 Å². The van der Waals surface area contributed by atoms with Gasteiger partial charge in [0.15, 0.2) is 11.6 Å². The lowest BCUT2D eigenvalue weighted by Gasteiger charge is -2.52. The summed E-state index contributed by atoms with van der Waals surface area (Å²) in [6.45, 7) is 6.18. The molecule has 3 aliphatic rings. The molecule has 1 aromatic carbocycles. The van der Waals surface area contributed by atoms with E-state index in [4.69, 9.17) is 14.2 Å². The fourth-order valence-corrected chi connectivity index (χ4v) is 4.76. The van der Waals surface area contributed by atoms with Gasteiger partial charge in [-0.15, -0.1) is 0 Å². The number of rotatable bonds is 5. The van der Waals surface area contributed by atoms with Gasteiger partial charge in [-0.3, -0.25) is 9.88 Å². The number of halogens is 2. The van der Waals surface area contributed by atoms with E-state index in [1.54, 1.807) is 4.90 Å². The van der Waals surface area contributed by atoms with E-state index in [1.807, 2.05) is 20.8 Å². The zero-order valence-corrected chi connectivity index (χ0v) is 19.0. The Labute approximate surface area is 186 Å². The van der Waals surface area contributed by atoms with Crippen LogP contribution in [0.1, 0.15) is 52.0 Å². The van der Waals surface area contributed by atoms with Gasteiger partial charge in [-0.05, 0) is 58.9 Å². The molecule has 174 valence electrons. The Hall–Kier alpha value is -2.48. The number of nitrogens with zero attached hydrogens (tertiary/aromatic N) is 2. The Kier molecular flexibility index (Phi) is 6.00. The zero-order valence-electron chi connectivity index (χ0n) is 19.0. The number of aromatic nitrogens is 1. The third kappa shape index (κ3) is 4.37. The van der Waals surface area contributed by atoms with Crippen LogP contribution in [0.4, 0.5) is 13.6 Å². The number of benzene rings is 1. The zero-order chi connectivity index (χ0) is 23.1. The minimum atomic E-state index is -0.655. The van der Waals surface area contributed by atoms with Gasteiger partial charge < -0.3 is 14.2 Å². The van der Waals surface area contributed by atoms with E-state index in [0.29, 0.717) is 23.1 Å². The SMILES string of the molecule is COc1cc2c(CCN(C(=O)OC(C)(C)C)C34CCC(CC3)OC4)c(F)cnc2cc1F. The maximum absolute atomic E-state index is 14.8. The van der Waals surface area contributed by atoms with Crippen LogP contribution in [0.3, 0.4) is 0 Å². The number of amides is 1. The largest absolute Gasteiger partial charge is 0.494 e. The van der Waals surface area contributed by atoms with Crippen LogP contribution in [0, 0.1) is 11.6 Å². The van der Waals surface area contributed by atoms with Crippen molar-refractivity contribution >= 4 is 17.0 Å². The van der Waals surface area contributed by atoms with Crippen molar-refractivity contribution in [2.24, 2.45) is 0 Å². The van der Waals surface area contributed by atoms with Crippen molar-refractivity contribution in [3.8, 4) is 5.75 Å². The van der Waals surface area contributed by atoms with Crippen LogP contribution < -0.4 is 4.74 Å². The third-order valence-electron chi connectivity index (χ3n) is 6.42. The number of pyridine rings is 1. The van der Waals surface area contributed by atoms with Crippen LogP contribution in [-0.4, -0.2) is 53.5 Å². The summed E-state index contributed by atoms with van der Waals surface area (Å²) in [5, 5.41) is 0.466. The summed E-state index contributed by atoms with van der Waals surface area (Å²) < 4.78 is 45.7. The molecule has 0 unspecified atom stereocenters. The Morgan fingerprint density at radius 2 is 1.97 bits per heavy atom. The Balaban J connectivity index is 1.67. The summed E-state index contributed by atoms with van der Waals surface area (Å²) in [4.78, 5) is 19.0.